The minimum absolute atomic E-state index is 0. The molecule has 3 aliphatic heterocycles. The molecule has 85 heavy (non-hydrogen) atoms. The Morgan fingerprint density at radius 2 is 0.600 bits per heavy atom. The van der Waals surface area contributed by atoms with E-state index >= 15 is 0 Å². The summed E-state index contributed by atoms with van der Waals surface area (Å²) in [6.45, 7) is 24.8. The highest BCUT2D eigenvalue weighted by Crippen LogP contribution is 2.30. The van der Waals surface area contributed by atoms with Crippen LogP contribution in [0.15, 0.2) is 72.8 Å². The van der Waals surface area contributed by atoms with Crippen LogP contribution < -0.4 is 18.9 Å². The molecule has 1 saturated carbocycles. The predicted octanol–water partition coefficient (Wildman–Crippen LogP) is 14.8. The molecule has 8 rings (SSSR count). The van der Waals surface area contributed by atoms with Crippen LogP contribution in [0.3, 0.4) is 0 Å². The Kier molecular flexibility index (Phi) is 33.9. The molecule has 4 fully saturated rings. The maximum Gasteiger partial charge on any atom is 0.165 e. The molecule has 4 N–H and O–H groups in total. The van der Waals surface area contributed by atoms with Gasteiger partial charge in [0.05, 0.1) is 6.10 Å². The Hall–Kier alpha value is -4.48. The average Bonchev–Trinajstić information content (AvgIpc) is 3.57. The van der Waals surface area contributed by atoms with E-state index in [1.807, 2.05) is 79.7 Å². The van der Waals surface area contributed by atoms with Crippen molar-refractivity contribution in [1.29, 1.82) is 0 Å². The van der Waals surface area contributed by atoms with Crippen LogP contribution in [0.25, 0.3) is 0 Å². The van der Waals surface area contributed by atoms with E-state index in [0.717, 1.165) is 67.9 Å². The summed E-state index contributed by atoms with van der Waals surface area (Å²) in [6, 6.07) is 20.2. The molecule has 0 radical (unpaired) electrons. The van der Waals surface area contributed by atoms with Gasteiger partial charge in [0.25, 0.3) is 0 Å². The van der Waals surface area contributed by atoms with Crippen molar-refractivity contribution in [2.24, 2.45) is 5.92 Å². The number of hydrogen-bond donors (Lipinski definition) is 4. The second-order valence-electron chi connectivity index (χ2n) is 25.1. The fourth-order valence-corrected chi connectivity index (χ4v) is 11.1. The lowest BCUT2D eigenvalue weighted by Gasteiger charge is -2.28. The van der Waals surface area contributed by atoms with Crippen molar-refractivity contribution in [2.75, 3.05) is 85.3 Å². The molecule has 480 valence electrons. The summed E-state index contributed by atoms with van der Waals surface area (Å²) in [4.78, 5) is 6.74. The molecular weight excluding hydrogens is 1090 g/mol. The van der Waals surface area contributed by atoms with Crippen LogP contribution in [0.4, 0.5) is 17.6 Å². The highest BCUT2D eigenvalue weighted by Gasteiger charge is 2.21. The molecule has 0 amide bonds. The lowest BCUT2D eigenvalue weighted by molar-refractivity contribution is 0.0603. The van der Waals surface area contributed by atoms with Crippen molar-refractivity contribution < 1.29 is 56.9 Å². The Bertz CT molecular complexity index is 2110. The molecule has 0 aromatic heterocycles. The second-order valence-corrected chi connectivity index (χ2v) is 25.1. The van der Waals surface area contributed by atoms with E-state index in [-0.39, 0.29) is 80.1 Å². The Morgan fingerprint density at radius 3 is 0.835 bits per heavy atom. The van der Waals surface area contributed by atoms with Crippen LogP contribution in [0.1, 0.15) is 205 Å². The predicted molar refractivity (Wildman–Crippen MR) is 337 cm³/mol. The number of likely N-dealkylation sites (tertiary alicyclic amines) is 3. The number of nitrogens with zero attached hydrogens (tertiary/aromatic N) is 3. The van der Waals surface area contributed by atoms with E-state index < -0.39 is 24.4 Å². The van der Waals surface area contributed by atoms with Crippen LogP contribution in [0.5, 0.6) is 23.0 Å². The van der Waals surface area contributed by atoms with Crippen LogP contribution in [-0.2, 0) is 0 Å². The zero-order valence-electron chi connectivity index (χ0n) is 52.2. The first kappa shape index (κ1) is 73.0. The Morgan fingerprint density at radius 1 is 0.365 bits per heavy atom. The zero-order chi connectivity index (χ0) is 61.0. The lowest BCUT2D eigenvalue weighted by atomic mass is 9.85. The van der Waals surface area contributed by atoms with Crippen molar-refractivity contribution in [1.82, 2.24) is 14.7 Å². The average molecular weight is 1200 g/mol. The number of halogens is 4. The van der Waals surface area contributed by atoms with Crippen molar-refractivity contribution in [3.8, 4) is 23.0 Å². The standard InChI is InChI=1S/C18H27FO2.3C17H26FNO2.CH4/c1-13(2)15-8-9-18(17(19)11-15)21-12-16(20)10-14-6-4-3-5-7-14;3*1-13(2)14-6-7-17(16(18)10-14)21-12-15(20)11-19-8-4-3-5-9-19;/h8-9,11,13-14,16,20H,3-7,10,12H2,1-2H3;3*6-7,10,13,15,20H,3-5,8-9,11-12H2,1-2H3;1H4. The van der Waals surface area contributed by atoms with Crippen molar-refractivity contribution >= 4 is 0 Å². The SMILES string of the molecule is C.CC(C)c1ccc(OCC(O)CC2CCCCC2)c(F)c1.CC(C)c1ccc(OCC(O)CN2CCCCC2)c(F)c1.CC(C)c1ccc(OCC(O)CN2CCCCC2)c(F)c1.CC(C)c1ccc(OCC(O)CN2CCCCC2)c(F)c1. The summed E-state index contributed by atoms with van der Waals surface area (Å²) in [5.41, 5.74) is 3.82. The number of aliphatic hydroxyl groups is 4. The van der Waals surface area contributed by atoms with Crippen LogP contribution >= 0.6 is 0 Å². The first-order chi connectivity index (χ1) is 40.2. The first-order valence-corrected chi connectivity index (χ1v) is 31.8. The quantitative estimate of drug-likeness (QED) is 0.0501. The number of aliphatic hydroxyl groups excluding tert-OH is 4. The van der Waals surface area contributed by atoms with E-state index in [0.29, 0.717) is 49.2 Å². The van der Waals surface area contributed by atoms with E-state index in [1.54, 1.807) is 24.3 Å². The number of ether oxygens (including phenoxy) is 4. The summed E-state index contributed by atoms with van der Waals surface area (Å²) in [5.74, 6) is 1.26. The minimum Gasteiger partial charge on any atom is -0.488 e. The first-order valence-electron chi connectivity index (χ1n) is 31.8. The topological polar surface area (TPSA) is 128 Å². The molecule has 4 aliphatic rings. The van der Waals surface area contributed by atoms with Crippen LogP contribution in [0, 0.1) is 29.2 Å². The maximum absolute atomic E-state index is 13.9. The Balaban J connectivity index is 0.000000242. The number of benzene rings is 4. The third-order valence-corrected chi connectivity index (χ3v) is 16.3. The van der Waals surface area contributed by atoms with Gasteiger partial charge in [-0.15, -0.1) is 0 Å². The maximum atomic E-state index is 13.9. The zero-order valence-corrected chi connectivity index (χ0v) is 52.2. The molecule has 4 unspecified atom stereocenters. The molecule has 0 bridgehead atoms. The number of β-amino-alcohol motifs (C(OH)–C–C–N with tert-alkyl or cyclic N) is 3. The number of rotatable bonds is 24. The van der Waals surface area contributed by atoms with Gasteiger partial charge in [0.15, 0.2) is 46.3 Å². The smallest absolute Gasteiger partial charge is 0.165 e. The van der Waals surface area contributed by atoms with Gasteiger partial charge in [-0.3, -0.25) is 0 Å². The van der Waals surface area contributed by atoms with Gasteiger partial charge in [0.1, 0.15) is 44.7 Å². The summed E-state index contributed by atoms with van der Waals surface area (Å²) in [5, 5.41) is 40.1. The van der Waals surface area contributed by atoms with Gasteiger partial charge in [-0.1, -0.05) is 138 Å². The van der Waals surface area contributed by atoms with Gasteiger partial charge in [-0.05, 0) is 185 Å². The van der Waals surface area contributed by atoms with Crippen molar-refractivity contribution in [2.45, 2.75) is 207 Å². The van der Waals surface area contributed by atoms with E-state index in [4.69, 9.17) is 18.9 Å². The largest absolute Gasteiger partial charge is 0.488 e. The monoisotopic (exact) mass is 1200 g/mol. The lowest BCUT2D eigenvalue weighted by Crippen LogP contribution is -2.38. The van der Waals surface area contributed by atoms with E-state index in [1.165, 1.54) is 114 Å². The summed E-state index contributed by atoms with van der Waals surface area (Å²) in [6.07, 6.45) is 15.8. The van der Waals surface area contributed by atoms with Gasteiger partial charge in [-0.25, -0.2) is 17.6 Å². The molecule has 4 aromatic rings. The number of hydrogen-bond acceptors (Lipinski definition) is 11. The van der Waals surface area contributed by atoms with Crippen LogP contribution in [-0.4, -0.2) is 145 Å². The van der Waals surface area contributed by atoms with Gasteiger partial charge in [0, 0.05) is 19.6 Å². The normalized spacial score (nSPS) is 17.7. The fraction of sp³-hybridized carbons (Fsp3) is 0.657. The molecular formula is C70H109F4N3O8. The highest BCUT2D eigenvalue weighted by molar-refractivity contribution is 5.33. The molecule has 1 aliphatic carbocycles. The summed E-state index contributed by atoms with van der Waals surface area (Å²) < 4.78 is 77.3. The number of piperidine rings is 3. The van der Waals surface area contributed by atoms with E-state index in [9.17, 15) is 38.0 Å². The van der Waals surface area contributed by atoms with Gasteiger partial charge in [0.2, 0.25) is 0 Å². The molecule has 0 spiro atoms. The molecule has 4 atom stereocenters. The second kappa shape index (κ2) is 39.4. The highest BCUT2D eigenvalue weighted by atomic mass is 19.1. The molecule has 3 saturated heterocycles. The third kappa shape index (κ3) is 27.6. The minimum atomic E-state index is -0.577. The van der Waals surface area contributed by atoms with Gasteiger partial charge < -0.3 is 54.1 Å². The van der Waals surface area contributed by atoms with E-state index in [2.05, 4.69) is 14.7 Å². The van der Waals surface area contributed by atoms with Crippen molar-refractivity contribution in [3.05, 3.63) is 118 Å². The summed E-state index contributed by atoms with van der Waals surface area (Å²) >= 11 is 0. The van der Waals surface area contributed by atoms with Crippen LogP contribution in [0.2, 0.25) is 0 Å². The molecule has 4 aromatic carbocycles. The third-order valence-electron chi connectivity index (χ3n) is 16.3. The Labute approximate surface area is 509 Å². The molecule has 15 heteroatoms. The fourth-order valence-electron chi connectivity index (χ4n) is 11.1. The van der Waals surface area contributed by atoms with Gasteiger partial charge in [-0.2, -0.15) is 0 Å². The molecule has 11 nitrogen and oxygen atoms in total. The molecule has 3 heterocycles. The van der Waals surface area contributed by atoms with Crippen molar-refractivity contribution in [3.63, 3.8) is 0 Å². The van der Waals surface area contributed by atoms with Gasteiger partial charge >= 0.3 is 0 Å². The summed E-state index contributed by atoms with van der Waals surface area (Å²) in [7, 11) is 0.